The maximum atomic E-state index is 12.9. The van der Waals surface area contributed by atoms with Crippen molar-refractivity contribution in [3.05, 3.63) is 42.5 Å². The van der Waals surface area contributed by atoms with E-state index in [1.807, 2.05) is 30.3 Å². The third-order valence-corrected chi connectivity index (χ3v) is 6.74. The molecule has 0 saturated carbocycles. The van der Waals surface area contributed by atoms with Crippen molar-refractivity contribution in [2.24, 2.45) is 0 Å². The third kappa shape index (κ3) is 3.27. The molecule has 0 spiro atoms. The highest BCUT2D eigenvalue weighted by Crippen LogP contribution is 2.23. The summed E-state index contributed by atoms with van der Waals surface area (Å²) in [6.45, 7) is 7.12. The van der Waals surface area contributed by atoms with Crippen molar-refractivity contribution in [2.75, 3.05) is 26.2 Å². The lowest BCUT2D eigenvalue weighted by molar-refractivity contribution is 0.142. The van der Waals surface area contributed by atoms with Crippen molar-refractivity contribution >= 4 is 20.8 Å². The second-order valence-corrected chi connectivity index (χ2v) is 8.14. The van der Waals surface area contributed by atoms with Gasteiger partial charge in [0.1, 0.15) is 0 Å². The van der Waals surface area contributed by atoms with Crippen LogP contribution in [0.5, 0.6) is 0 Å². The first-order chi connectivity index (χ1) is 11.0. The molecule has 0 radical (unpaired) electrons. The van der Waals surface area contributed by atoms with Gasteiger partial charge in [-0.25, -0.2) is 8.42 Å². The summed E-state index contributed by atoms with van der Waals surface area (Å²) in [6, 6.07) is 13.8. The molecule has 0 unspecified atom stereocenters. The van der Waals surface area contributed by atoms with E-state index in [1.54, 1.807) is 16.4 Å². The normalized spacial score (nSPS) is 19.0. The van der Waals surface area contributed by atoms with Gasteiger partial charge in [-0.15, -0.1) is 0 Å². The smallest absolute Gasteiger partial charge is 0.243 e. The molecule has 1 aliphatic heterocycles. The molecule has 124 valence electrons. The van der Waals surface area contributed by atoms with E-state index in [0.29, 0.717) is 24.0 Å². The predicted octanol–water partition coefficient (Wildman–Crippen LogP) is 2.94. The fourth-order valence-electron chi connectivity index (χ4n) is 3.12. The Kier molecular flexibility index (Phi) is 4.71. The molecule has 5 heteroatoms. The minimum atomic E-state index is -3.40. The van der Waals surface area contributed by atoms with Crippen molar-refractivity contribution < 1.29 is 8.42 Å². The molecule has 2 aromatic carbocycles. The van der Waals surface area contributed by atoms with Crippen LogP contribution in [0, 0.1) is 0 Å². The Bertz CT molecular complexity index is 780. The summed E-state index contributed by atoms with van der Waals surface area (Å²) in [4.78, 5) is 2.76. The Balaban J connectivity index is 1.81. The van der Waals surface area contributed by atoms with Crippen LogP contribution in [0.4, 0.5) is 0 Å². The highest BCUT2D eigenvalue weighted by atomic mass is 32.2. The van der Waals surface area contributed by atoms with Crippen molar-refractivity contribution in [1.82, 2.24) is 9.21 Å². The topological polar surface area (TPSA) is 40.6 Å². The van der Waals surface area contributed by atoms with Crippen LogP contribution in [-0.4, -0.2) is 49.8 Å². The van der Waals surface area contributed by atoms with E-state index in [-0.39, 0.29) is 0 Å². The Morgan fingerprint density at radius 1 is 1.00 bits per heavy atom. The molecule has 0 N–H and O–H groups in total. The van der Waals surface area contributed by atoms with E-state index in [0.717, 1.165) is 30.3 Å². The van der Waals surface area contributed by atoms with E-state index >= 15 is 0 Å². The number of hydrogen-bond donors (Lipinski definition) is 0. The molecule has 1 aliphatic rings. The third-order valence-electron chi connectivity index (χ3n) is 4.85. The summed E-state index contributed by atoms with van der Waals surface area (Å²) in [5.74, 6) is 0. The Morgan fingerprint density at radius 3 is 2.30 bits per heavy atom. The Labute approximate surface area is 138 Å². The van der Waals surface area contributed by atoms with Crippen molar-refractivity contribution in [3.63, 3.8) is 0 Å². The molecule has 1 fully saturated rings. The van der Waals surface area contributed by atoms with Gasteiger partial charge in [0.05, 0.1) is 4.90 Å². The highest BCUT2D eigenvalue weighted by Gasteiger charge is 2.29. The molecule has 0 aromatic heterocycles. The van der Waals surface area contributed by atoms with Crippen LogP contribution < -0.4 is 0 Å². The van der Waals surface area contributed by atoms with Crippen LogP contribution in [0.2, 0.25) is 0 Å². The standard InChI is InChI=1S/C18H24N2O2S/c1-3-15(2)19-10-12-20(13-11-19)23(21,22)18-9-8-16-6-4-5-7-17(16)14-18/h4-9,14-15H,3,10-13H2,1-2H3/t15-/m0/s1. The van der Waals surface area contributed by atoms with Gasteiger partial charge in [-0.3, -0.25) is 4.90 Å². The number of fused-ring (bicyclic) bond motifs is 1. The van der Waals surface area contributed by atoms with Gasteiger partial charge in [-0.05, 0) is 36.2 Å². The minimum absolute atomic E-state index is 0.396. The maximum Gasteiger partial charge on any atom is 0.243 e. The van der Waals surface area contributed by atoms with E-state index < -0.39 is 10.0 Å². The zero-order chi connectivity index (χ0) is 16.4. The minimum Gasteiger partial charge on any atom is -0.298 e. The van der Waals surface area contributed by atoms with Crippen molar-refractivity contribution in [3.8, 4) is 0 Å². The molecule has 0 bridgehead atoms. The quantitative estimate of drug-likeness (QED) is 0.864. The summed E-state index contributed by atoms with van der Waals surface area (Å²) in [6.07, 6.45) is 1.09. The number of piperazine rings is 1. The largest absolute Gasteiger partial charge is 0.298 e. The average Bonchev–Trinajstić information content (AvgIpc) is 2.60. The number of sulfonamides is 1. The number of hydrogen-bond acceptors (Lipinski definition) is 3. The Morgan fingerprint density at radius 2 is 1.65 bits per heavy atom. The van der Waals surface area contributed by atoms with Crippen LogP contribution in [0.25, 0.3) is 10.8 Å². The molecule has 0 amide bonds. The molecule has 3 rings (SSSR count). The van der Waals surface area contributed by atoms with Gasteiger partial charge in [0.15, 0.2) is 0 Å². The summed E-state index contributed by atoms with van der Waals surface area (Å²) in [5, 5.41) is 2.03. The van der Waals surface area contributed by atoms with E-state index in [1.165, 1.54) is 0 Å². The van der Waals surface area contributed by atoms with Crippen molar-refractivity contribution in [1.29, 1.82) is 0 Å². The molecule has 23 heavy (non-hydrogen) atoms. The summed E-state index contributed by atoms with van der Waals surface area (Å²) < 4.78 is 27.4. The van der Waals surface area contributed by atoms with E-state index in [2.05, 4.69) is 18.7 Å². The number of benzene rings is 2. The van der Waals surface area contributed by atoms with Crippen LogP contribution in [0.3, 0.4) is 0 Å². The average molecular weight is 332 g/mol. The van der Waals surface area contributed by atoms with Gasteiger partial charge in [-0.1, -0.05) is 37.3 Å². The first kappa shape index (κ1) is 16.4. The molecule has 4 nitrogen and oxygen atoms in total. The number of nitrogens with zero attached hydrogens (tertiary/aromatic N) is 2. The predicted molar refractivity (Wildman–Crippen MR) is 94.0 cm³/mol. The summed E-state index contributed by atoms with van der Waals surface area (Å²) in [7, 11) is -3.40. The number of rotatable bonds is 4. The second kappa shape index (κ2) is 6.59. The van der Waals surface area contributed by atoms with Gasteiger partial charge in [0.25, 0.3) is 0 Å². The zero-order valence-corrected chi connectivity index (χ0v) is 14.6. The van der Waals surface area contributed by atoms with Gasteiger partial charge in [0, 0.05) is 32.2 Å². The molecule has 1 saturated heterocycles. The lowest BCUT2D eigenvalue weighted by Gasteiger charge is -2.37. The van der Waals surface area contributed by atoms with Crippen LogP contribution in [0.1, 0.15) is 20.3 Å². The monoisotopic (exact) mass is 332 g/mol. The van der Waals surface area contributed by atoms with Gasteiger partial charge in [-0.2, -0.15) is 4.31 Å². The van der Waals surface area contributed by atoms with Crippen LogP contribution in [-0.2, 0) is 10.0 Å². The maximum absolute atomic E-state index is 12.9. The summed E-state index contributed by atoms with van der Waals surface area (Å²) in [5.41, 5.74) is 0. The SMILES string of the molecule is CC[C@H](C)N1CCN(S(=O)(=O)c2ccc3ccccc3c2)CC1. The van der Waals surface area contributed by atoms with Crippen LogP contribution in [0.15, 0.2) is 47.4 Å². The molecule has 0 aliphatic carbocycles. The first-order valence-electron chi connectivity index (χ1n) is 8.25. The van der Waals surface area contributed by atoms with Gasteiger partial charge in [0.2, 0.25) is 10.0 Å². The fourth-order valence-corrected chi connectivity index (χ4v) is 4.58. The molecular weight excluding hydrogens is 308 g/mol. The molecule has 1 atom stereocenters. The highest BCUT2D eigenvalue weighted by molar-refractivity contribution is 7.89. The lowest BCUT2D eigenvalue weighted by Crippen LogP contribution is -2.51. The molecule has 1 heterocycles. The second-order valence-electron chi connectivity index (χ2n) is 6.21. The van der Waals surface area contributed by atoms with Crippen molar-refractivity contribution in [2.45, 2.75) is 31.2 Å². The van der Waals surface area contributed by atoms with Crippen LogP contribution >= 0.6 is 0 Å². The summed E-state index contributed by atoms with van der Waals surface area (Å²) >= 11 is 0. The Hall–Kier alpha value is -1.43. The van der Waals surface area contributed by atoms with Gasteiger partial charge < -0.3 is 0 Å². The van der Waals surface area contributed by atoms with E-state index in [9.17, 15) is 8.42 Å². The van der Waals surface area contributed by atoms with E-state index in [4.69, 9.17) is 0 Å². The lowest BCUT2D eigenvalue weighted by atomic mass is 10.1. The zero-order valence-electron chi connectivity index (χ0n) is 13.8. The van der Waals surface area contributed by atoms with Gasteiger partial charge >= 0.3 is 0 Å². The molecular formula is C18H24N2O2S. The fraction of sp³-hybridized carbons (Fsp3) is 0.444. The molecule has 2 aromatic rings. The first-order valence-corrected chi connectivity index (χ1v) is 9.69.